The molecule has 128 valence electrons. The van der Waals surface area contributed by atoms with Crippen molar-refractivity contribution in [2.45, 2.75) is 19.9 Å². The van der Waals surface area contributed by atoms with Gasteiger partial charge in [0.25, 0.3) is 0 Å². The normalized spacial score (nSPS) is 11.4. The molecule has 0 aliphatic carbocycles. The maximum absolute atomic E-state index is 13.0. The average Bonchev–Trinajstić information content (AvgIpc) is 2.56. The average molecular weight is 329 g/mol. The smallest absolute Gasteiger partial charge is 0.193 e. The van der Waals surface area contributed by atoms with Gasteiger partial charge >= 0.3 is 0 Å². The van der Waals surface area contributed by atoms with Gasteiger partial charge in [-0.25, -0.2) is 4.39 Å². The van der Waals surface area contributed by atoms with Crippen molar-refractivity contribution >= 4 is 5.96 Å². The molecule has 24 heavy (non-hydrogen) atoms. The maximum atomic E-state index is 13.0. The summed E-state index contributed by atoms with van der Waals surface area (Å²) in [5, 5.41) is 12.8. The van der Waals surface area contributed by atoms with Crippen molar-refractivity contribution in [1.29, 1.82) is 0 Å². The molecule has 0 unspecified atom stereocenters. The van der Waals surface area contributed by atoms with Crippen LogP contribution in [0.2, 0.25) is 0 Å². The third kappa shape index (κ3) is 5.57. The van der Waals surface area contributed by atoms with Crippen LogP contribution in [0.15, 0.2) is 53.5 Å². The zero-order valence-electron chi connectivity index (χ0n) is 14.2. The van der Waals surface area contributed by atoms with Crippen LogP contribution in [0.5, 0.6) is 5.75 Å². The molecule has 0 spiro atoms. The van der Waals surface area contributed by atoms with Crippen molar-refractivity contribution in [3.05, 3.63) is 65.5 Å². The fourth-order valence-corrected chi connectivity index (χ4v) is 2.41. The molecule has 0 atom stereocenters. The van der Waals surface area contributed by atoms with E-state index in [9.17, 15) is 9.50 Å². The van der Waals surface area contributed by atoms with E-state index in [0.717, 1.165) is 30.1 Å². The second-order valence-electron chi connectivity index (χ2n) is 5.64. The summed E-state index contributed by atoms with van der Waals surface area (Å²) in [4.78, 5) is 6.64. The molecule has 0 aliphatic heterocycles. The van der Waals surface area contributed by atoms with Crippen LogP contribution < -0.4 is 5.32 Å². The SMILES string of the molecule is CCNC(=NCCc1cccc(O)c1)N(C)Cc1ccc(F)cc1. The molecule has 2 aromatic carbocycles. The number of benzene rings is 2. The Hall–Kier alpha value is -2.56. The standard InChI is InChI=1S/C19H24FN3O/c1-3-21-19(22-12-11-15-5-4-6-18(24)13-15)23(2)14-16-7-9-17(20)10-8-16/h4-10,13,24H,3,11-12,14H2,1-2H3,(H,21,22). The Balaban J connectivity index is 1.97. The number of nitrogens with zero attached hydrogens (tertiary/aromatic N) is 2. The summed E-state index contributed by atoms with van der Waals surface area (Å²) in [5.74, 6) is 0.854. The predicted octanol–water partition coefficient (Wildman–Crippen LogP) is 3.17. The van der Waals surface area contributed by atoms with Gasteiger partial charge in [0.2, 0.25) is 0 Å². The lowest BCUT2D eigenvalue weighted by Gasteiger charge is -2.22. The number of aliphatic imine (C=N–C) groups is 1. The lowest BCUT2D eigenvalue weighted by Crippen LogP contribution is -2.38. The summed E-state index contributed by atoms with van der Waals surface area (Å²) in [5.41, 5.74) is 2.08. The van der Waals surface area contributed by atoms with Gasteiger partial charge in [-0.1, -0.05) is 24.3 Å². The van der Waals surface area contributed by atoms with Gasteiger partial charge in [-0.2, -0.15) is 0 Å². The van der Waals surface area contributed by atoms with Crippen molar-refractivity contribution in [3.8, 4) is 5.75 Å². The highest BCUT2D eigenvalue weighted by molar-refractivity contribution is 5.79. The molecule has 0 saturated carbocycles. The number of aromatic hydroxyl groups is 1. The van der Waals surface area contributed by atoms with Crippen LogP contribution in [0, 0.1) is 5.82 Å². The summed E-state index contributed by atoms with van der Waals surface area (Å²) >= 11 is 0. The zero-order chi connectivity index (χ0) is 17.4. The highest BCUT2D eigenvalue weighted by Gasteiger charge is 2.06. The largest absolute Gasteiger partial charge is 0.508 e. The molecule has 0 bridgehead atoms. The Morgan fingerprint density at radius 2 is 1.92 bits per heavy atom. The number of hydrogen-bond donors (Lipinski definition) is 2. The molecule has 5 heteroatoms. The van der Waals surface area contributed by atoms with E-state index in [0.29, 0.717) is 13.1 Å². The fraction of sp³-hybridized carbons (Fsp3) is 0.316. The number of nitrogens with one attached hydrogen (secondary N) is 1. The molecule has 0 heterocycles. The van der Waals surface area contributed by atoms with E-state index in [1.54, 1.807) is 24.3 Å². The third-order valence-corrected chi connectivity index (χ3v) is 3.60. The number of hydrogen-bond acceptors (Lipinski definition) is 2. The lowest BCUT2D eigenvalue weighted by atomic mass is 10.1. The summed E-state index contributed by atoms with van der Waals surface area (Å²) < 4.78 is 13.0. The van der Waals surface area contributed by atoms with Crippen LogP contribution in [0.1, 0.15) is 18.1 Å². The van der Waals surface area contributed by atoms with Crippen LogP contribution in [-0.2, 0) is 13.0 Å². The van der Waals surface area contributed by atoms with Crippen LogP contribution in [0.4, 0.5) is 4.39 Å². The molecule has 0 amide bonds. The molecule has 2 N–H and O–H groups in total. The van der Waals surface area contributed by atoms with Crippen molar-refractivity contribution in [2.75, 3.05) is 20.1 Å². The van der Waals surface area contributed by atoms with E-state index in [1.807, 2.05) is 31.0 Å². The molecular weight excluding hydrogens is 305 g/mol. The first-order valence-corrected chi connectivity index (χ1v) is 8.10. The molecule has 0 saturated heterocycles. The maximum Gasteiger partial charge on any atom is 0.193 e. The molecule has 0 radical (unpaired) electrons. The van der Waals surface area contributed by atoms with E-state index in [4.69, 9.17) is 0 Å². The second kappa shape index (κ2) is 8.91. The van der Waals surface area contributed by atoms with Gasteiger partial charge in [0.05, 0.1) is 0 Å². The molecule has 2 rings (SSSR count). The predicted molar refractivity (Wildman–Crippen MR) is 95.7 cm³/mol. The van der Waals surface area contributed by atoms with Gasteiger partial charge in [-0.15, -0.1) is 0 Å². The first-order chi connectivity index (χ1) is 11.6. The Morgan fingerprint density at radius 1 is 1.17 bits per heavy atom. The Bertz CT molecular complexity index is 671. The van der Waals surface area contributed by atoms with Crippen LogP contribution in [0.3, 0.4) is 0 Å². The number of rotatable bonds is 6. The lowest BCUT2D eigenvalue weighted by molar-refractivity contribution is 0.474. The van der Waals surface area contributed by atoms with Gasteiger partial charge in [-0.05, 0) is 48.7 Å². The van der Waals surface area contributed by atoms with E-state index in [2.05, 4.69) is 10.3 Å². The minimum Gasteiger partial charge on any atom is -0.508 e. The minimum absolute atomic E-state index is 0.229. The third-order valence-electron chi connectivity index (χ3n) is 3.60. The van der Waals surface area contributed by atoms with Crippen LogP contribution >= 0.6 is 0 Å². The van der Waals surface area contributed by atoms with Gasteiger partial charge in [0, 0.05) is 26.7 Å². The molecule has 4 nitrogen and oxygen atoms in total. The van der Waals surface area contributed by atoms with E-state index >= 15 is 0 Å². The molecule has 0 aromatic heterocycles. The zero-order valence-corrected chi connectivity index (χ0v) is 14.2. The van der Waals surface area contributed by atoms with E-state index in [1.165, 1.54) is 12.1 Å². The summed E-state index contributed by atoms with van der Waals surface area (Å²) in [6.07, 6.45) is 0.758. The summed E-state index contributed by atoms with van der Waals surface area (Å²) in [6.45, 7) is 4.08. The second-order valence-corrected chi connectivity index (χ2v) is 5.64. The monoisotopic (exact) mass is 329 g/mol. The van der Waals surface area contributed by atoms with Gasteiger partial charge in [0.15, 0.2) is 5.96 Å². The Morgan fingerprint density at radius 3 is 2.58 bits per heavy atom. The van der Waals surface area contributed by atoms with Crippen LogP contribution in [0.25, 0.3) is 0 Å². The van der Waals surface area contributed by atoms with Gasteiger partial charge in [-0.3, -0.25) is 4.99 Å². The van der Waals surface area contributed by atoms with Crippen molar-refractivity contribution in [2.24, 2.45) is 4.99 Å². The number of phenols is 1. The number of halogens is 1. The Kier molecular flexibility index (Phi) is 6.61. The van der Waals surface area contributed by atoms with Gasteiger partial charge < -0.3 is 15.3 Å². The number of guanidine groups is 1. The van der Waals surface area contributed by atoms with E-state index in [-0.39, 0.29) is 11.6 Å². The van der Waals surface area contributed by atoms with E-state index < -0.39 is 0 Å². The molecular formula is C19H24FN3O. The van der Waals surface area contributed by atoms with Crippen molar-refractivity contribution in [1.82, 2.24) is 10.2 Å². The topological polar surface area (TPSA) is 47.9 Å². The highest BCUT2D eigenvalue weighted by atomic mass is 19.1. The number of phenolic OH excluding ortho intramolecular Hbond substituents is 1. The van der Waals surface area contributed by atoms with Crippen molar-refractivity contribution in [3.63, 3.8) is 0 Å². The fourth-order valence-electron chi connectivity index (χ4n) is 2.41. The Labute approximate surface area is 142 Å². The minimum atomic E-state index is -0.229. The first-order valence-electron chi connectivity index (χ1n) is 8.10. The highest BCUT2D eigenvalue weighted by Crippen LogP contribution is 2.11. The summed E-state index contributed by atoms with van der Waals surface area (Å²) in [7, 11) is 1.96. The summed E-state index contributed by atoms with van der Waals surface area (Å²) in [6, 6.07) is 13.7. The molecule has 0 aliphatic rings. The first kappa shape index (κ1) is 17.8. The quantitative estimate of drug-likeness (QED) is 0.632. The van der Waals surface area contributed by atoms with Gasteiger partial charge in [0.1, 0.15) is 11.6 Å². The van der Waals surface area contributed by atoms with Crippen molar-refractivity contribution < 1.29 is 9.50 Å². The molecule has 2 aromatic rings. The molecule has 0 fully saturated rings. The van der Waals surface area contributed by atoms with Crippen LogP contribution in [-0.4, -0.2) is 36.1 Å².